The first-order valence-corrected chi connectivity index (χ1v) is 8.44. The molecule has 2 saturated heterocycles. The Morgan fingerprint density at radius 3 is 2.94 bits per heavy atom. The van der Waals surface area contributed by atoms with E-state index < -0.39 is 0 Å². The minimum absolute atomic E-state index is 0.369. The molecule has 0 aromatic carbocycles. The predicted molar refractivity (Wildman–Crippen MR) is 77.9 cm³/mol. The minimum atomic E-state index is 0.369. The first-order chi connectivity index (χ1) is 8.68. The zero-order chi connectivity index (χ0) is 13.0. The van der Waals surface area contributed by atoms with Crippen molar-refractivity contribution in [3.8, 4) is 0 Å². The van der Waals surface area contributed by atoms with E-state index in [0.29, 0.717) is 30.3 Å². The van der Waals surface area contributed by atoms with Crippen LogP contribution in [0.3, 0.4) is 0 Å². The third kappa shape index (κ3) is 3.64. The molecule has 0 spiro atoms. The van der Waals surface area contributed by atoms with Gasteiger partial charge in [0, 0.05) is 43.1 Å². The summed E-state index contributed by atoms with van der Waals surface area (Å²) in [4.78, 5) is 14.6. The summed E-state index contributed by atoms with van der Waals surface area (Å²) in [5.41, 5.74) is 0. The number of carbonyl (C=O) groups is 1. The lowest BCUT2D eigenvalue weighted by Crippen LogP contribution is -2.49. The van der Waals surface area contributed by atoms with Gasteiger partial charge in [-0.3, -0.25) is 4.79 Å². The monoisotopic (exact) mass is 270 g/mol. The molecule has 104 valence electrons. The van der Waals surface area contributed by atoms with Gasteiger partial charge in [0.05, 0.1) is 0 Å². The van der Waals surface area contributed by atoms with Gasteiger partial charge in [0.15, 0.2) is 0 Å². The number of nitrogens with one attached hydrogen (secondary N) is 1. The van der Waals surface area contributed by atoms with Crippen molar-refractivity contribution >= 4 is 17.7 Å². The molecule has 2 fully saturated rings. The van der Waals surface area contributed by atoms with Crippen LogP contribution in [0.2, 0.25) is 0 Å². The Kier molecular flexibility index (Phi) is 5.37. The molecule has 0 saturated carbocycles. The van der Waals surface area contributed by atoms with E-state index in [-0.39, 0.29) is 0 Å². The molecule has 3 nitrogen and oxygen atoms in total. The van der Waals surface area contributed by atoms with Crippen molar-refractivity contribution in [3.05, 3.63) is 0 Å². The SMILES string of the molecule is CC(C)C1CCCCN1C(=O)CC1CSCCN1. The largest absolute Gasteiger partial charge is 0.339 e. The third-order valence-corrected chi connectivity index (χ3v) is 5.19. The number of likely N-dealkylation sites (tertiary alicyclic amines) is 1. The molecule has 0 radical (unpaired) electrons. The van der Waals surface area contributed by atoms with Crippen molar-refractivity contribution in [2.75, 3.05) is 24.6 Å². The molecule has 0 aliphatic carbocycles. The average Bonchev–Trinajstić information content (AvgIpc) is 2.40. The predicted octanol–water partition coefficient (Wildman–Crippen LogP) is 2.12. The summed E-state index contributed by atoms with van der Waals surface area (Å²) < 4.78 is 0. The Hall–Kier alpha value is -0.220. The van der Waals surface area contributed by atoms with E-state index in [1.54, 1.807) is 0 Å². The van der Waals surface area contributed by atoms with E-state index in [1.165, 1.54) is 25.0 Å². The van der Waals surface area contributed by atoms with E-state index in [9.17, 15) is 4.79 Å². The highest BCUT2D eigenvalue weighted by Crippen LogP contribution is 2.24. The van der Waals surface area contributed by atoms with Crippen molar-refractivity contribution in [2.45, 2.75) is 51.6 Å². The van der Waals surface area contributed by atoms with E-state index in [1.807, 2.05) is 11.8 Å². The number of thioether (sulfide) groups is 1. The molecule has 2 unspecified atom stereocenters. The number of hydrogen-bond acceptors (Lipinski definition) is 3. The Bertz CT molecular complexity index is 277. The molecule has 0 aromatic heterocycles. The van der Waals surface area contributed by atoms with Crippen molar-refractivity contribution < 1.29 is 4.79 Å². The van der Waals surface area contributed by atoms with Crippen LogP contribution in [0.1, 0.15) is 39.5 Å². The van der Waals surface area contributed by atoms with Crippen LogP contribution in [-0.2, 0) is 4.79 Å². The van der Waals surface area contributed by atoms with E-state index >= 15 is 0 Å². The lowest BCUT2D eigenvalue weighted by Gasteiger charge is -2.39. The number of rotatable bonds is 3. The van der Waals surface area contributed by atoms with E-state index in [4.69, 9.17) is 0 Å². The highest BCUT2D eigenvalue weighted by atomic mass is 32.2. The van der Waals surface area contributed by atoms with Crippen molar-refractivity contribution in [3.63, 3.8) is 0 Å². The van der Waals surface area contributed by atoms with Gasteiger partial charge < -0.3 is 10.2 Å². The first kappa shape index (κ1) is 14.2. The molecule has 4 heteroatoms. The highest BCUT2D eigenvalue weighted by Gasteiger charge is 2.30. The van der Waals surface area contributed by atoms with E-state index in [0.717, 1.165) is 18.8 Å². The molecule has 18 heavy (non-hydrogen) atoms. The molecule has 2 heterocycles. The van der Waals surface area contributed by atoms with Gasteiger partial charge in [-0.2, -0.15) is 11.8 Å². The number of piperidine rings is 1. The van der Waals surface area contributed by atoms with Crippen LogP contribution < -0.4 is 5.32 Å². The summed E-state index contributed by atoms with van der Waals surface area (Å²) in [5.74, 6) is 3.23. The Morgan fingerprint density at radius 1 is 1.44 bits per heavy atom. The summed E-state index contributed by atoms with van der Waals surface area (Å²) in [6.45, 7) is 6.51. The highest BCUT2D eigenvalue weighted by molar-refractivity contribution is 7.99. The molecule has 2 atom stereocenters. The molecule has 1 N–H and O–H groups in total. The molecule has 2 rings (SSSR count). The van der Waals surface area contributed by atoms with Gasteiger partial charge in [0.2, 0.25) is 5.91 Å². The lowest BCUT2D eigenvalue weighted by atomic mass is 9.92. The van der Waals surface area contributed by atoms with Crippen LogP contribution in [0.4, 0.5) is 0 Å². The van der Waals surface area contributed by atoms with Crippen LogP contribution in [0, 0.1) is 5.92 Å². The lowest BCUT2D eigenvalue weighted by molar-refractivity contribution is -0.136. The number of amides is 1. The standard InChI is InChI=1S/C14H26N2OS/c1-11(2)13-5-3-4-7-16(13)14(17)9-12-10-18-8-6-15-12/h11-13,15H,3-10H2,1-2H3. The van der Waals surface area contributed by atoms with Gasteiger partial charge in [0.1, 0.15) is 0 Å². The van der Waals surface area contributed by atoms with Crippen LogP contribution >= 0.6 is 11.8 Å². The van der Waals surface area contributed by atoms with Gasteiger partial charge in [-0.25, -0.2) is 0 Å². The topological polar surface area (TPSA) is 32.3 Å². The second kappa shape index (κ2) is 6.80. The van der Waals surface area contributed by atoms with Crippen LogP contribution in [0.15, 0.2) is 0 Å². The number of carbonyl (C=O) groups excluding carboxylic acids is 1. The maximum absolute atomic E-state index is 12.5. The molecular formula is C14H26N2OS. The molecule has 0 aromatic rings. The summed E-state index contributed by atoms with van der Waals surface area (Å²) in [5, 5.41) is 3.46. The fourth-order valence-corrected chi connectivity index (χ4v) is 3.99. The Morgan fingerprint density at radius 2 is 2.28 bits per heavy atom. The number of hydrogen-bond donors (Lipinski definition) is 1. The van der Waals surface area contributed by atoms with Crippen LogP contribution in [0.25, 0.3) is 0 Å². The Labute approximate surface area is 115 Å². The van der Waals surface area contributed by atoms with E-state index in [2.05, 4.69) is 24.1 Å². The second-order valence-corrected chi connectivity index (χ2v) is 6.97. The van der Waals surface area contributed by atoms with Crippen molar-refractivity contribution in [2.24, 2.45) is 5.92 Å². The maximum Gasteiger partial charge on any atom is 0.224 e. The normalized spacial score (nSPS) is 29.6. The van der Waals surface area contributed by atoms with Crippen molar-refractivity contribution in [1.29, 1.82) is 0 Å². The van der Waals surface area contributed by atoms with Gasteiger partial charge in [-0.15, -0.1) is 0 Å². The van der Waals surface area contributed by atoms with Gasteiger partial charge in [-0.1, -0.05) is 13.8 Å². The Balaban J connectivity index is 1.89. The zero-order valence-corrected chi connectivity index (χ0v) is 12.5. The van der Waals surface area contributed by atoms with Crippen molar-refractivity contribution in [1.82, 2.24) is 10.2 Å². The third-order valence-electron chi connectivity index (χ3n) is 4.06. The molecular weight excluding hydrogens is 244 g/mol. The molecule has 0 bridgehead atoms. The molecule has 1 amide bonds. The second-order valence-electron chi connectivity index (χ2n) is 5.82. The zero-order valence-electron chi connectivity index (χ0n) is 11.7. The van der Waals surface area contributed by atoms with Gasteiger partial charge in [-0.05, 0) is 25.2 Å². The minimum Gasteiger partial charge on any atom is -0.339 e. The summed E-state index contributed by atoms with van der Waals surface area (Å²) >= 11 is 1.97. The van der Waals surface area contributed by atoms with Crippen LogP contribution in [0.5, 0.6) is 0 Å². The summed E-state index contributed by atoms with van der Waals surface area (Å²) in [6, 6.07) is 0.869. The quantitative estimate of drug-likeness (QED) is 0.852. The van der Waals surface area contributed by atoms with Gasteiger partial charge in [0.25, 0.3) is 0 Å². The smallest absolute Gasteiger partial charge is 0.224 e. The van der Waals surface area contributed by atoms with Crippen LogP contribution in [-0.4, -0.2) is 47.5 Å². The maximum atomic E-state index is 12.5. The molecule has 2 aliphatic rings. The average molecular weight is 270 g/mol. The fraction of sp³-hybridized carbons (Fsp3) is 0.929. The summed E-state index contributed by atoms with van der Waals surface area (Å²) in [7, 11) is 0. The number of nitrogens with zero attached hydrogens (tertiary/aromatic N) is 1. The first-order valence-electron chi connectivity index (χ1n) is 7.29. The summed E-state index contributed by atoms with van der Waals surface area (Å²) in [6.07, 6.45) is 4.35. The molecule has 2 aliphatic heterocycles. The fourth-order valence-electron chi connectivity index (χ4n) is 3.04. The van der Waals surface area contributed by atoms with Gasteiger partial charge >= 0.3 is 0 Å².